The molecule has 0 bridgehead atoms. The standard InChI is InChI=1S/C15H18N2OS/c1-2-3-4-9-16-14(18)12-5-7-13(8-6-12)15-17-10-11-19-15/h5-8,10-11H,2-4,9H2,1H3,(H,16,18). The molecule has 1 aromatic carbocycles. The predicted octanol–water partition coefficient (Wildman–Crippen LogP) is 3.73. The third kappa shape index (κ3) is 3.89. The van der Waals surface area contributed by atoms with Gasteiger partial charge < -0.3 is 5.32 Å². The lowest BCUT2D eigenvalue weighted by atomic mass is 10.1. The Morgan fingerprint density at radius 2 is 2.05 bits per heavy atom. The van der Waals surface area contributed by atoms with Gasteiger partial charge in [-0.25, -0.2) is 4.98 Å². The molecule has 0 radical (unpaired) electrons. The van der Waals surface area contributed by atoms with Gasteiger partial charge in [-0.1, -0.05) is 31.9 Å². The molecule has 0 saturated heterocycles. The largest absolute Gasteiger partial charge is 0.352 e. The van der Waals surface area contributed by atoms with Crippen molar-refractivity contribution in [3.8, 4) is 10.6 Å². The van der Waals surface area contributed by atoms with Gasteiger partial charge in [0.05, 0.1) is 0 Å². The molecule has 19 heavy (non-hydrogen) atoms. The lowest BCUT2D eigenvalue weighted by molar-refractivity contribution is 0.0953. The third-order valence-electron chi connectivity index (χ3n) is 2.89. The maximum absolute atomic E-state index is 11.9. The molecule has 2 rings (SSSR count). The van der Waals surface area contributed by atoms with Crippen molar-refractivity contribution in [3.05, 3.63) is 41.4 Å². The molecule has 0 fully saturated rings. The zero-order valence-electron chi connectivity index (χ0n) is 11.1. The van der Waals surface area contributed by atoms with Crippen LogP contribution in [0.4, 0.5) is 0 Å². The smallest absolute Gasteiger partial charge is 0.251 e. The number of aromatic nitrogens is 1. The summed E-state index contributed by atoms with van der Waals surface area (Å²) < 4.78 is 0. The second-order valence-corrected chi connectivity index (χ2v) is 5.27. The van der Waals surface area contributed by atoms with E-state index in [1.54, 1.807) is 17.5 Å². The number of carbonyl (C=O) groups is 1. The van der Waals surface area contributed by atoms with Gasteiger partial charge in [-0.15, -0.1) is 11.3 Å². The monoisotopic (exact) mass is 274 g/mol. The lowest BCUT2D eigenvalue weighted by Crippen LogP contribution is -2.24. The van der Waals surface area contributed by atoms with Crippen molar-refractivity contribution in [1.82, 2.24) is 10.3 Å². The molecule has 0 atom stereocenters. The molecule has 2 aromatic rings. The van der Waals surface area contributed by atoms with Crippen LogP contribution in [0.5, 0.6) is 0 Å². The van der Waals surface area contributed by atoms with Crippen molar-refractivity contribution in [2.45, 2.75) is 26.2 Å². The summed E-state index contributed by atoms with van der Waals surface area (Å²) in [4.78, 5) is 16.1. The van der Waals surface area contributed by atoms with Crippen LogP contribution in [0.25, 0.3) is 10.6 Å². The fourth-order valence-electron chi connectivity index (χ4n) is 1.81. The molecule has 0 saturated carbocycles. The molecular formula is C15H18N2OS. The predicted molar refractivity (Wildman–Crippen MR) is 79.4 cm³/mol. The van der Waals surface area contributed by atoms with E-state index < -0.39 is 0 Å². The van der Waals surface area contributed by atoms with E-state index in [4.69, 9.17) is 0 Å². The Hall–Kier alpha value is -1.68. The van der Waals surface area contributed by atoms with Crippen LogP contribution < -0.4 is 5.32 Å². The summed E-state index contributed by atoms with van der Waals surface area (Å²) in [5.41, 5.74) is 1.76. The first-order chi connectivity index (χ1) is 9.31. The maximum atomic E-state index is 11.9. The Morgan fingerprint density at radius 1 is 1.26 bits per heavy atom. The maximum Gasteiger partial charge on any atom is 0.251 e. The van der Waals surface area contributed by atoms with Crippen LogP contribution in [0.1, 0.15) is 36.5 Å². The van der Waals surface area contributed by atoms with Crippen LogP contribution in [0.15, 0.2) is 35.8 Å². The third-order valence-corrected chi connectivity index (χ3v) is 3.71. The minimum Gasteiger partial charge on any atom is -0.352 e. The highest BCUT2D eigenvalue weighted by Gasteiger charge is 2.06. The number of hydrogen-bond donors (Lipinski definition) is 1. The summed E-state index contributed by atoms with van der Waals surface area (Å²) in [6.45, 7) is 2.90. The van der Waals surface area contributed by atoms with Gasteiger partial charge in [0.25, 0.3) is 5.91 Å². The molecule has 0 spiro atoms. The molecule has 1 aromatic heterocycles. The summed E-state index contributed by atoms with van der Waals surface area (Å²) in [6, 6.07) is 7.59. The molecule has 0 aliphatic carbocycles. The molecule has 3 nitrogen and oxygen atoms in total. The number of carbonyl (C=O) groups excluding carboxylic acids is 1. The highest BCUT2D eigenvalue weighted by atomic mass is 32.1. The Labute approximate surface area is 117 Å². The fourth-order valence-corrected chi connectivity index (χ4v) is 2.45. The number of thiazole rings is 1. The van der Waals surface area contributed by atoms with Gasteiger partial charge in [0.1, 0.15) is 5.01 Å². The van der Waals surface area contributed by atoms with Gasteiger partial charge in [-0.05, 0) is 18.6 Å². The van der Waals surface area contributed by atoms with Gasteiger partial charge in [-0.2, -0.15) is 0 Å². The first-order valence-electron chi connectivity index (χ1n) is 6.59. The topological polar surface area (TPSA) is 42.0 Å². The minimum atomic E-state index is 0.00166. The summed E-state index contributed by atoms with van der Waals surface area (Å²) >= 11 is 1.60. The number of nitrogens with one attached hydrogen (secondary N) is 1. The number of rotatable bonds is 6. The Balaban J connectivity index is 1.93. The normalized spacial score (nSPS) is 10.4. The molecule has 1 amide bonds. The quantitative estimate of drug-likeness (QED) is 0.815. The SMILES string of the molecule is CCCCCNC(=O)c1ccc(-c2nccs2)cc1. The second kappa shape index (κ2) is 7.04. The highest BCUT2D eigenvalue weighted by Crippen LogP contribution is 2.21. The zero-order valence-corrected chi connectivity index (χ0v) is 11.9. The fraction of sp³-hybridized carbons (Fsp3) is 0.333. The van der Waals surface area contributed by atoms with Crippen molar-refractivity contribution in [3.63, 3.8) is 0 Å². The summed E-state index contributed by atoms with van der Waals surface area (Å²) in [5.74, 6) is 0.00166. The molecule has 0 aliphatic rings. The van der Waals surface area contributed by atoms with Crippen LogP contribution in [-0.4, -0.2) is 17.4 Å². The van der Waals surface area contributed by atoms with E-state index in [1.165, 1.54) is 6.42 Å². The lowest BCUT2D eigenvalue weighted by Gasteiger charge is -2.05. The van der Waals surface area contributed by atoms with Gasteiger partial charge >= 0.3 is 0 Å². The van der Waals surface area contributed by atoms with Gasteiger partial charge in [0, 0.05) is 29.2 Å². The molecule has 100 valence electrons. The zero-order chi connectivity index (χ0) is 13.5. The number of benzene rings is 1. The van der Waals surface area contributed by atoms with Gasteiger partial charge in [-0.3, -0.25) is 4.79 Å². The van der Waals surface area contributed by atoms with Crippen molar-refractivity contribution in [2.24, 2.45) is 0 Å². The van der Waals surface area contributed by atoms with E-state index in [0.717, 1.165) is 30.0 Å². The van der Waals surface area contributed by atoms with Gasteiger partial charge in [0.2, 0.25) is 0 Å². The van der Waals surface area contributed by atoms with Crippen LogP contribution in [-0.2, 0) is 0 Å². The number of unbranched alkanes of at least 4 members (excludes halogenated alkanes) is 2. The summed E-state index contributed by atoms with van der Waals surface area (Å²) in [7, 11) is 0. The molecule has 1 N–H and O–H groups in total. The first-order valence-corrected chi connectivity index (χ1v) is 7.47. The molecular weight excluding hydrogens is 256 g/mol. The second-order valence-electron chi connectivity index (χ2n) is 4.38. The van der Waals surface area contributed by atoms with E-state index in [2.05, 4.69) is 17.2 Å². The van der Waals surface area contributed by atoms with Crippen LogP contribution in [0.3, 0.4) is 0 Å². The number of amides is 1. The Morgan fingerprint density at radius 3 is 2.68 bits per heavy atom. The summed E-state index contributed by atoms with van der Waals surface area (Å²) in [5, 5.41) is 5.87. The van der Waals surface area contributed by atoms with Gasteiger partial charge in [0.15, 0.2) is 0 Å². The average Bonchev–Trinajstić information content (AvgIpc) is 2.98. The minimum absolute atomic E-state index is 0.00166. The van der Waals surface area contributed by atoms with E-state index in [0.29, 0.717) is 5.56 Å². The van der Waals surface area contributed by atoms with E-state index in [-0.39, 0.29) is 5.91 Å². The summed E-state index contributed by atoms with van der Waals surface area (Å²) in [6.07, 6.45) is 5.15. The molecule has 0 aliphatic heterocycles. The Bertz CT molecular complexity index is 505. The van der Waals surface area contributed by atoms with E-state index >= 15 is 0 Å². The number of nitrogens with zero attached hydrogens (tertiary/aromatic N) is 1. The van der Waals surface area contributed by atoms with E-state index in [1.807, 2.05) is 29.6 Å². The van der Waals surface area contributed by atoms with Crippen molar-refractivity contribution >= 4 is 17.2 Å². The molecule has 4 heteroatoms. The van der Waals surface area contributed by atoms with Crippen molar-refractivity contribution in [1.29, 1.82) is 0 Å². The number of hydrogen-bond acceptors (Lipinski definition) is 3. The first kappa shape index (κ1) is 13.7. The molecule has 0 unspecified atom stereocenters. The molecule has 1 heterocycles. The highest BCUT2D eigenvalue weighted by molar-refractivity contribution is 7.13. The van der Waals surface area contributed by atoms with E-state index in [9.17, 15) is 4.79 Å². The van der Waals surface area contributed by atoms with Crippen molar-refractivity contribution < 1.29 is 4.79 Å². The van der Waals surface area contributed by atoms with Crippen LogP contribution in [0, 0.1) is 0 Å². The van der Waals surface area contributed by atoms with Crippen molar-refractivity contribution in [2.75, 3.05) is 6.54 Å². The van der Waals surface area contributed by atoms with Crippen LogP contribution >= 0.6 is 11.3 Å². The average molecular weight is 274 g/mol. The Kier molecular flexibility index (Phi) is 5.10. The van der Waals surface area contributed by atoms with Crippen LogP contribution in [0.2, 0.25) is 0 Å².